The first kappa shape index (κ1) is 21.2. The fraction of sp³-hybridized carbons (Fsp3) is 0.700. The molecular weight excluding hydrogens is 348 g/mol. The Morgan fingerprint density at radius 2 is 2.04 bits per heavy atom. The number of aliphatic carboxylic acids is 1. The van der Waals surface area contributed by atoms with Gasteiger partial charge in [0.25, 0.3) is 0 Å². The molecule has 2 rings (SSSR count). The van der Waals surface area contributed by atoms with Crippen LogP contribution < -0.4 is 5.73 Å². The number of aromatic nitrogens is 1. The third-order valence-corrected chi connectivity index (χ3v) is 6.54. The van der Waals surface area contributed by atoms with E-state index in [1.165, 1.54) is 25.7 Å². The summed E-state index contributed by atoms with van der Waals surface area (Å²) in [6.07, 6.45) is 7.00. The van der Waals surface area contributed by atoms with Gasteiger partial charge in [0.1, 0.15) is 0 Å². The smallest absolute Gasteiger partial charge is 0.337 e. The van der Waals surface area contributed by atoms with Crippen LogP contribution in [0.25, 0.3) is 0 Å². The van der Waals surface area contributed by atoms with Crippen LogP contribution in [-0.2, 0) is 11.2 Å². The van der Waals surface area contributed by atoms with Crippen LogP contribution in [0.4, 0.5) is 0 Å². The molecule has 0 aliphatic heterocycles. The molecule has 2 atom stereocenters. The lowest BCUT2D eigenvalue weighted by molar-refractivity contribution is -0.161. The van der Waals surface area contributed by atoms with Crippen molar-refractivity contribution in [3.63, 3.8) is 0 Å². The maximum Gasteiger partial charge on any atom is 0.337 e. The SMILES string of the molecule is CC(C)CC(N)C(O)(Cc1cc(S[C@H]2CC[C@H](C)CC2)ccn1)C(=O)O. The third-order valence-electron chi connectivity index (χ3n) is 5.21. The predicted molar refractivity (Wildman–Crippen MR) is 105 cm³/mol. The lowest BCUT2D eigenvalue weighted by Gasteiger charge is -2.31. The molecule has 4 N–H and O–H groups in total. The van der Waals surface area contributed by atoms with E-state index in [1.54, 1.807) is 6.20 Å². The largest absolute Gasteiger partial charge is 0.479 e. The molecule has 26 heavy (non-hydrogen) atoms. The molecule has 0 spiro atoms. The summed E-state index contributed by atoms with van der Waals surface area (Å²) >= 11 is 1.83. The summed E-state index contributed by atoms with van der Waals surface area (Å²) in [7, 11) is 0. The molecule has 1 aliphatic carbocycles. The number of rotatable bonds is 8. The van der Waals surface area contributed by atoms with E-state index >= 15 is 0 Å². The number of pyridine rings is 1. The highest BCUT2D eigenvalue weighted by molar-refractivity contribution is 8.00. The van der Waals surface area contributed by atoms with Crippen molar-refractivity contribution in [2.75, 3.05) is 0 Å². The van der Waals surface area contributed by atoms with Gasteiger partial charge < -0.3 is 15.9 Å². The molecule has 1 aromatic heterocycles. The molecule has 0 aromatic carbocycles. The van der Waals surface area contributed by atoms with Crippen molar-refractivity contribution < 1.29 is 15.0 Å². The Hall–Kier alpha value is -1.11. The summed E-state index contributed by atoms with van der Waals surface area (Å²) in [5.41, 5.74) is 4.61. The molecular formula is C20H32N2O3S. The zero-order valence-electron chi connectivity index (χ0n) is 16.0. The Morgan fingerprint density at radius 1 is 1.38 bits per heavy atom. The minimum absolute atomic E-state index is 0.0771. The van der Waals surface area contributed by atoms with Crippen molar-refractivity contribution in [2.24, 2.45) is 17.6 Å². The number of carboxylic acid groups (broad SMARTS) is 1. The zero-order chi connectivity index (χ0) is 19.3. The Balaban J connectivity index is 2.08. The van der Waals surface area contributed by atoms with Crippen LogP contribution >= 0.6 is 11.8 Å². The second kappa shape index (κ2) is 9.20. The van der Waals surface area contributed by atoms with E-state index in [0.717, 1.165) is 10.8 Å². The van der Waals surface area contributed by atoms with Crippen molar-refractivity contribution >= 4 is 17.7 Å². The first-order chi connectivity index (χ1) is 12.2. The van der Waals surface area contributed by atoms with Gasteiger partial charge in [-0.15, -0.1) is 11.8 Å². The fourth-order valence-corrected chi connectivity index (χ4v) is 4.75. The first-order valence-electron chi connectivity index (χ1n) is 9.53. The van der Waals surface area contributed by atoms with E-state index < -0.39 is 17.6 Å². The molecule has 0 saturated heterocycles. The van der Waals surface area contributed by atoms with Gasteiger partial charge in [0.15, 0.2) is 5.60 Å². The highest BCUT2D eigenvalue weighted by Crippen LogP contribution is 2.36. The molecule has 1 aliphatic rings. The van der Waals surface area contributed by atoms with Crippen LogP contribution in [0.1, 0.15) is 58.6 Å². The average Bonchev–Trinajstić information content (AvgIpc) is 2.56. The number of hydrogen-bond donors (Lipinski definition) is 3. The Bertz CT molecular complexity index is 602. The highest BCUT2D eigenvalue weighted by atomic mass is 32.2. The van der Waals surface area contributed by atoms with E-state index in [9.17, 15) is 15.0 Å². The van der Waals surface area contributed by atoms with Crippen molar-refractivity contribution in [1.29, 1.82) is 0 Å². The Morgan fingerprint density at radius 3 is 2.62 bits per heavy atom. The Labute approximate surface area is 160 Å². The van der Waals surface area contributed by atoms with Gasteiger partial charge in [-0.1, -0.05) is 20.8 Å². The second-order valence-electron chi connectivity index (χ2n) is 8.12. The standard InChI is InChI=1S/C20H32N2O3S/c1-13(2)10-18(21)20(25,19(23)24)12-15-11-17(8-9-22-15)26-16-6-4-14(3)5-7-16/h8-9,11,13-14,16,18,25H,4-7,10,12,21H2,1-3H3,(H,23,24)/t14-,16-,18?,20?. The summed E-state index contributed by atoms with van der Waals surface area (Å²) in [6.45, 7) is 6.23. The van der Waals surface area contributed by atoms with Crippen molar-refractivity contribution in [1.82, 2.24) is 4.98 Å². The third kappa shape index (κ3) is 5.69. The zero-order valence-corrected chi connectivity index (χ0v) is 16.8. The van der Waals surface area contributed by atoms with Crippen LogP contribution in [0.15, 0.2) is 23.2 Å². The number of nitrogens with zero attached hydrogens (tertiary/aromatic N) is 1. The van der Waals surface area contributed by atoms with Crippen LogP contribution in [0.5, 0.6) is 0 Å². The number of aliphatic hydroxyl groups is 1. The molecule has 6 heteroatoms. The average molecular weight is 381 g/mol. The monoisotopic (exact) mass is 380 g/mol. The van der Waals surface area contributed by atoms with E-state index in [-0.39, 0.29) is 12.3 Å². The van der Waals surface area contributed by atoms with Crippen LogP contribution in [0.3, 0.4) is 0 Å². The minimum Gasteiger partial charge on any atom is -0.479 e. The molecule has 5 nitrogen and oxygen atoms in total. The topological polar surface area (TPSA) is 96.4 Å². The van der Waals surface area contributed by atoms with Crippen molar-refractivity contribution in [3.8, 4) is 0 Å². The summed E-state index contributed by atoms with van der Waals surface area (Å²) in [4.78, 5) is 17.1. The van der Waals surface area contributed by atoms with Crippen LogP contribution in [0, 0.1) is 11.8 Å². The maximum absolute atomic E-state index is 11.7. The molecule has 1 aromatic rings. The Kier molecular flexibility index (Phi) is 7.50. The van der Waals surface area contributed by atoms with Gasteiger partial charge in [0, 0.05) is 34.5 Å². The second-order valence-corrected chi connectivity index (χ2v) is 9.50. The summed E-state index contributed by atoms with van der Waals surface area (Å²) < 4.78 is 0. The molecule has 2 unspecified atom stereocenters. The van der Waals surface area contributed by atoms with E-state index in [2.05, 4.69) is 11.9 Å². The summed E-state index contributed by atoms with van der Waals surface area (Å²) in [5, 5.41) is 20.9. The van der Waals surface area contributed by atoms with Gasteiger partial charge in [-0.2, -0.15) is 0 Å². The lowest BCUT2D eigenvalue weighted by Crippen LogP contribution is -2.56. The number of thioether (sulfide) groups is 1. The predicted octanol–water partition coefficient (Wildman–Crippen LogP) is 3.48. The molecule has 1 saturated carbocycles. The highest BCUT2D eigenvalue weighted by Gasteiger charge is 2.43. The molecule has 0 radical (unpaired) electrons. The van der Waals surface area contributed by atoms with E-state index in [4.69, 9.17) is 5.73 Å². The van der Waals surface area contributed by atoms with Crippen molar-refractivity contribution in [2.45, 2.75) is 81.1 Å². The lowest BCUT2D eigenvalue weighted by atomic mass is 9.84. The van der Waals surface area contributed by atoms with Crippen LogP contribution in [-0.4, -0.2) is 38.1 Å². The molecule has 1 fully saturated rings. The molecule has 0 amide bonds. The summed E-state index contributed by atoms with van der Waals surface area (Å²) in [5.74, 6) is -0.265. The molecule has 146 valence electrons. The van der Waals surface area contributed by atoms with Gasteiger partial charge in [0.2, 0.25) is 0 Å². The van der Waals surface area contributed by atoms with Gasteiger partial charge >= 0.3 is 5.97 Å². The fourth-order valence-electron chi connectivity index (χ4n) is 3.51. The van der Waals surface area contributed by atoms with Gasteiger partial charge in [-0.25, -0.2) is 4.79 Å². The first-order valence-corrected chi connectivity index (χ1v) is 10.4. The summed E-state index contributed by atoms with van der Waals surface area (Å²) in [6, 6.07) is 3.02. The quantitative estimate of drug-likeness (QED) is 0.639. The molecule has 1 heterocycles. The number of hydrogen-bond acceptors (Lipinski definition) is 5. The van der Waals surface area contributed by atoms with E-state index in [0.29, 0.717) is 17.4 Å². The van der Waals surface area contributed by atoms with Crippen molar-refractivity contribution in [3.05, 3.63) is 24.0 Å². The molecule has 0 bridgehead atoms. The van der Waals surface area contributed by atoms with Gasteiger partial charge in [0.05, 0.1) is 0 Å². The van der Waals surface area contributed by atoms with Gasteiger partial charge in [-0.3, -0.25) is 4.98 Å². The number of nitrogens with two attached hydrogens (primary N) is 1. The number of carboxylic acids is 1. The van der Waals surface area contributed by atoms with Gasteiger partial charge in [-0.05, 0) is 56.1 Å². The normalized spacial score (nSPS) is 24.2. The van der Waals surface area contributed by atoms with E-state index in [1.807, 2.05) is 37.7 Å². The van der Waals surface area contributed by atoms with Crippen LogP contribution in [0.2, 0.25) is 0 Å². The maximum atomic E-state index is 11.7. The minimum atomic E-state index is -2.00. The number of carbonyl (C=O) groups is 1.